The standard InChI is InChI=1S/C20H30N6O3/c1-13(2)5-9-26-17-6-8-25(20(28)16-11-14(3)22-23-16)12-15(17)18(24-26)19(27)21-7-10-29-4/h11,13H,5-10,12H2,1-4H3,(H,21,27)(H,22,23). The normalized spacial score (nSPS) is 13.6. The minimum Gasteiger partial charge on any atom is -0.383 e. The van der Waals surface area contributed by atoms with Crippen molar-refractivity contribution in [1.29, 1.82) is 0 Å². The molecule has 2 aromatic heterocycles. The molecule has 0 saturated heterocycles. The van der Waals surface area contributed by atoms with Crippen molar-refractivity contribution in [3.8, 4) is 0 Å². The summed E-state index contributed by atoms with van der Waals surface area (Å²) in [5, 5.41) is 14.3. The summed E-state index contributed by atoms with van der Waals surface area (Å²) in [5.74, 6) is 0.172. The predicted octanol–water partition coefficient (Wildman–Crippen LogP) is 1.54. The summed E-state index contributed by atoms with van der Waals surface area (Å²) in [6, 6.07) is 1.74. The molecular weight excluding hydrogens is 372 g/mol. The Balaban J connectivity index is 1.84. The molecule has 3 rings (SSSR count). The number of carbonyl (C=O) groups is 2. The van der Waals surface area contributed by atoms with Gasteiger partial charge in [0.05, 0.1) is 13.2 Å². The van der Waals surface area contributed by atoms with Crippen LogP contribution >= 0.6 is 0 Å². The number of rotatable bonds is 8. The summed E-state index contributed by atoms with van der Waals surface area (Å²) >= 11 is 0. The van der Waals surface area contributed by atoms with Crippen molar-refractivity contribution in [2.45, 2.75) is 46.7 Å². The summed E-state index contributed by atoms with van der Waals surface area (Å²) in [7, 11) is 1.59. The second-order valence-electron chi connectivity index (χ2n) is 7.84. The lowest BCUT2D eigenvalue weighted by atomic mass is 10.0. The molecule has 0 spiro atoms. The number of nitrogens with zero attached hydrogens (tertiary/aromatic N) is 4. The van der Waals surface area contributed by atoms with Gasteiger partial charge >= 0.3 is 0 Å². The van der Waals surface area contributed by atoms with Crippen molar-refractivity contribution in [1.82, 2.24) is 30.2 Å². The van der Waals surface area contributed by atoms with E-state index in [4.69, 9.17) is 4.74 Å². The van der Waals surface area contributed by atoms with Gasteiger partial charge in [-0.2, -0.15) is 10.2 Å². The van der Waals surface area contributed by atoms with Gasteiger partial charge in [0, 0.05) is 50.1 Å². The lowest BCUT2D eigenvalue weighted by Crippen LogP contribution is -2.37. The smallest absolute Gasteiger partial charge is 0.274 e. The Morgan fingerprint density at radius 3 is 2.83 bits per heavy atom. The largest absolute Gasteiger partial charge is 0.383 e. The molecule has 9 heteroatoms. The molecule has 29 heavy (non-hydrogen) atoms. The van der Waals surface area contributed by atoms with E-state index in [0.717, 1.165) is 29.9 Å². The maximum Gasteiger partial charge on any atom is 0.274 e. The van der Waals surface area contributed by atoms with Crippen LogP contribution in [0.2, 0.25) is 0 Å². The fraction of sp³-hybridized carbons (Fsp3) is 0.600. The van der Waals surface area contributed by atoms with Crippen LogP contribution in [0.25, 0.3) is 0 Å². The van der Waals surface area contributed by atoms with Crippen LogP contribution in [-0.2, 0) is 24.2 Å². The van der Waals surface area contributed by atoms with E-state index in [1.807, 2.05) is 11.6 Å². The zero-order chi connectivity index (χ0) is 21.0. The average Bonchev–Trinajstić information content (AvgIpc) is 3.29. The van der Waals surface area contributed by atoms with Crippen LogP contribution in [0.4, 0.5) is 0 Å². The number of methoxy groups -OCH3 is 1. The topological polar surface area (TPSA) is 105 Å². The van der Waals surface area contributed by atoms with Crippen molar-refractivity contribution < 1.29 is 14.3 Å². The first-order chi connectivity index (χ1) is 13.9. The van der Waals surface area contributed by atoms with Gasteiger partial charge in [-0.25, -0.2) is 0 Å². The lowest BCUT2D eigenvalue weighted by Gasteiger charge is -2.27. The molecule has 9 nitrogen and oxygen atoms in total. The molecule has 0 bridgehead atoms. The maximum absolute atomic E-state index is 12.8. The van der Waals surface area contributed by atoms with Crippen molar-refractivity contribution >= 4 is 11.8 Å². The molecule has 3 heterocycles. The van der Waals surface area contributed by atoms with Crippen molar-refractivity contribution in [3.63, 3.8) is 0 Å². The van der Waals surface area contributed by atoms with Crippen LogP contribution < -0.4 is 5.32 Å². The van der Waals surface area contributed by atoms with Crippen LogP contribution in [0, 0.1) is 12.8 Å². The minimum atomic E-state index is -0.230. The summed E-state index contributed by atoms with van der Waals surface area (Å²) in [6.07, 6.45) is 1.65. The molecular formula is C20H30N6O3. The first kappa shape index (κ1) is 21.0. The third kappa shape index (κ3) is 4.84. The molecule has 0 atom stereocenters. The number of H-pyrrole nitrogens is 1. The highest BCUT2D eigenvalue weighted by Crippen LogP contribution is 2.25. The number of aromatic nitrogens is 4. The quantitative estimate of drug-likeness (QED) is 0.652. The van der Waals surface area contributed by atoms with Gasteiger partial charge in [0.1, 0.15) is 5.69 Å². The number of nitrogens with one attached hydrogen (secondary N) is 2. The zero-order valence-corrected chi connectivity index (χ0v) is 17.6. The SMILES string of the molecule is COCCNC(=O)c1nn(CCC(C)C)c2c1CN(C(=O)c1cc(C)[nH]n1)CC2. The summed E-state index contributed by atoms with van der Waals surface area (Å²) in [4.78, 5) is 27.3. The van der Waals surface area contributed by atoms with Gasteiger partial charge < -0.3 is 15.0 Å². The highest BCUT2D eigenvalue weighted by atomic mass is 16.5. The summed E-state index contributed by atoms with van der Waals surface area (Å²) in [5.41, 5.74) is 3.51. The first-order valence-corrected chi connectivity index (χ1v) is 10.1. The van der Waals surface area contributed by atoms with Crippen LogP contribution in [0.1, 0.15) is 58.2 Å². The molecule has 1 aliphatic heterocycles. The Morgan fingerprint density at radius 1 is 1.38 bits per heavy atom. The third-order valence-electron chi connectivity index (χ3n) is 5.07. The highest BCUT2D eigenvalue weighted by Gasteiger charge is 2.31. The average molecular weight is 402 g/mol. The van der Waals surface area contributed by atoms with Gasteiger partial charge in [-0.15, -0.1) is 0 Å². The van der Waals surface area contributed by atoms with E-state index in [1.54, 1.807) is 18.1 Å². The molecule has 0 radical (unpaired) electrons. The van der Waals surface area contributed by atoms with Crippen LogP contribution in [0.3, 0.4) is 0 Å². The van der Waals surface area contributed by atoms with Crippen molar-refractivity contribution in [2.75, 3.05) is 26.8 Å². The fourth-order valence-corrected chi connectivity index (χ4v) is 3.45. The summed E-state index contributed by atoms with van der Waals surface area (Å²) in [6.45, 7) is 8.74. The minimum absolute atomic E-state index is 0.138. The molecule has 0 fully saturated rings. The van der Waals surface area contributed by atoms with Gasteiger partial charge in [0.15, 0.2) is 5.69 Å². The number of hydrogen-bond donors (Lipinski definition) is 2. The number of aryl methyl sites for hydroxylation is 2. The Bertz CT molecular complexity index is 870. The number of hydrogen-bond acceptors (Lipinski definition) is 5. The molecule has 0 unspecified atom stereocenters. The molecule has 0 saturated carbocycles. The Kier molecular flexibility index (Phi) is 6.68. The molecule has 2 N–H and O–H groups in total. The Hall–Kier alpha value is -2.68. The highest BCUT2D eigenvalue weighted by molar-refractivity contribution is 5.95. The fourth-order valence-electron chi connectivity index (χ4n) is 3.45. The second kappa shape index (κ2) is 9.21. The van der Waals surface area contributed by atoms with Gasteiger partial charge in [0.2, 0.25) is 0 Å². The molecule has 158 valence electrons. The second-order valence-corrected chi connectivity index (χ2v) is 7.84. The zero-order valence-electron chi connectivity index (χ0n) is 17.6. The van der Waals surface area contributed by atoms with Crippen LogP contribution in [-0.4, -0.2) is 63.5 Å². The van der Waals surface area contributed by atoms with Crippen LogP contribution in [0.15, 0.2) is 6.07 Å². The van der Waals surface area contributed by atoms with E-state index >= 15 is 0 Å². The van der Waals surface area contributed by atoms with Gasteiger partial charge in [-0.1, -0.05) is 13.8 Å². The van der Waals surface area contributed by atoms with E-state index in [-0.39, 0.29) is 11.8 Å². The number of aromatic amines is 1. The number of carbonyl (C=O) groups excluding carboxylic acids is 2. The number of amides is 2. The maximum atomic E-state index is 12.8. The predicted molar refractivity (Wildman–Crippen MR) is 108 cm³/mol. The van der Waals surface area contributed by atoms with Crippen LogP contribution in [0.5, 0.6) is 0 Å². The van der Waals surface area contributed by atoms with E-state index in [2.05, 4.69) is 34.5 Å². The van der Waals surface area contributed by atoms with Gasteiger partial charge in [0.25, 0.3) is 11.8 Å². The van der Waals surface area contributed by atoms with Crippen molar-refractivity contribution in [2.24, 2.45) is 5.92 Å². The third-order valence-corrected chi connectivity index (χ3v) is 5.07. The molecule has 2 aromatic rings. The van der Waals surface area contributed by atoms with Crippen molar-refractivity contribution in [3.05, 3.63) is 34.4 Å². The Morgan fingerprint density at radius 2 is 2.17 bits per heavy atom. The molecule has 0 aromatic carbocycles. The van der Waals surface area contributed by atoms with E-state index in [0.29, 0.717) is 50.0 Å². The monoisotopic (exact) mass is 402 g/mol. The first-order valence-electron chi connectivity index (χ1n) is 10.1. The van der Waals surface area contributed by atoms with Gasteiger partial charge in [-0.05, 0) is 25.3 Å². The van der Waals surface area contributed by atoms with E-state index in [9.17, 15) is 9.59 Å². The van der Waals surface area contributed by atoms with Gasteiger partial charge in [-0.3, -0.25) is 19.4 Å². The molecule has 2 amide bonds. The van der Waals surface area contributed by atoms with E-state index < -0.39 is 0 Å². The molecule has 0 aliphatic carbocycles. The summed E-state index contributed by atoms with van der Waals surface area (Å²) < 4.78 is 6.95. The number of fused-ring (bicyclic) bond motifs is 1. The van der Waals surface area contributed by atoms with E-state index in [1.165, 1.54) is 0 Å². The number of ether oxygens (including phenoxy) is 1. The Labute approximate surface area is 170 Å². The molecule has 1 aliphatic rings. The lowest BCUT2D eigenvalue weighted by molar-refractivity contribution is 0.0724.